The molecule has 7 nitrogen and oxygen atoms in total. The fourth-order valence-corrected chi connectivity index (χ4v) is 4.24. The Morgan fingerprint density at radius 3 is 2.32 bits per heavy atom. The molecule has 3 aromatic carbocycles. The molecule has 0 radical (unpaired) electrons. The number of anilines is 1. The fourth-order valence-electron chi connectivity index (χ4n) is 4.24. The summed E-state index contributed by atoms with van der Waals surface area (Å²) < 4.78 is 2.10. The second-order valence-corrected chi connectivity index (χ2v) is 8.08. The van der Waals surface area contributed by atoms with Crippen molar-refractivity contribution in [1.82, 2.24) is 9.99 Å². The van der Waals surface area contributed by atoms with E-state index in [1.807, 2.05) is 37.3 Å². The molecule has 1 saturated heterocycles. The largest absolute Gasteiger partial charge is 0.478 e. The zero-order valence-corrected chi connectivity index (χ0v) is 18.4. The molecule has 34 heavy (non-hydrogen) atoms. The van der Waals surface area contributed by atoms with Gasteiger partial charge in [0.1, 0.15) is 5.57 Å². The summed E-state index contributed by atoms with van der Waals surface area (Å²) in [6, 6.07) is 23.5. The number of para-hydroxylation sites is 2. The minimum atomic E-state index is -0.966. The third kappa shape index (κ3) is 3.63. The number of carbonyl (C=O) groups excluding carboxylic acids is 2. The lowest BCUT2D eigenvalue weighted by Gasteiger charge is -2.13. The third-order valence-electron chi connectivity index (χ3n) is 6.02. The molecule has 1 aliphatic rings. The molecule has 1 fully saturated rings. The van der Waals surface area contributed by atoms with Crippen molar-refractivity contribution in [2.75, 3.05) is 5.01 Å². The van der Waals surface area contributed by atoms with Crippen LogP contribution in [0.3, 0.4) is 0 Å². The summed E-state index contributed by atoms with van der Waals surface area (Å²) in [7, 11) is 0. The molecule has 2 N–H and O–H groups in total. The maximum Gasteiger partial charge on any atom is 0.335 e. The molecule has 2 amide bonds. The van der Waals surface area contributed by atoms with Crippen molar-refractivity contribution in [2.24, 2.45) is 0 Å². The number of nitrogens with zero attached hydrogens (tertiary/aromatic N) is 2. The zero-order chi connectivity index (χ0) is 23.8. The van der Waals surface area contributed by atoms with Crippen molar-refractivity contribution in [3.63, 3.8) is 0 Å². The van der Waals surface area contributed by atoms with E-state index in [2.05, 4.69) is 9.99 Å². The van der Waals surface area contributed by atoms with Crippen LogP contribution < -0.4 is 10.4 Å². The molecule has 7 heteroatoms. The molecule has 1 aliphatic heterocycles. The van der Waals surface area contributed by atoms with E-state index in [4.69, 9.17) is 5.11 Å². The molecule has 0 spiro atoms. The number of carbonyl (C=O) groups is 3. The number of benzene rings is 3. The molecule has 0 atom stereocenters. The van der Waals surface area contributed by atoms with Gasteiger partial charge in [-0.15, -0.1) is 0 Å². The first-order valence-corrected chi connectivity index (χ1v) is 10.8. The van der Waals surface area contributed by atoms with Gasteiger partial charge in [-0.3, -0.25) is 15.0 Å². The molecule has 0 aliphatic carbocycles. The lowest BCUT2D eigenvalue weighted by atomic mass is 10.1. The van der Waals surface area contributed by atoms with Crippen LogP contribution in [0.5, 0.6) is 0 Å². The van der Waals surface area contributed by atoms with E-state index in [1.165, 1.54) is 5.01 Å². The number of rotatable bonds is 5. The van der Waals surface area contributed by atoms with Crippen molar-refractivity contribution in [3.05, 3.63) is 107 Å². The minimum Gasteiger partial charge on any atom is -0.478 e. The first kappa shape index (κ1) is 21.2. The number of hydrogen-bond donors (Lipinski definition) is 2. The predicted molar refractivity (Wildman–Crippen MR) is 129 cm³/mol. The van der Waals surface area contributed by atoms with Crippen LogP contribution in [0, 0.1) is 6.92 Å². The number of nitrogens with one attached hydrogen (secondary N) is 1. The molecule has 0 bridgehead atoms. The molecule has 168 valence electrons. The van der Waals surface area contributed by atoms with Gasteiger partial charge in [-0.1, -0.05) is 48.5 Å². The SMILES string of the molecule is Cc1c(/C=C2/C(=O)NN(c3ccccc3)C2=O)c2ccccc2n1Cc1ccc(C(=O)O)cc1. The van der Waals surface area contributed by atoms with Crippen LogP contribution in [-0.4, -0.2) is 27.5 Å². The fraction of sp³-hybridized carbons (Fsp3) is 0.0741. The summed E-state index contributed by atoms with van der Waals surface area (Å²) in [4.78, 5) is 36.9. The van der Waals surface area contributed by atoms with Crippen LogP contribution in [-0.2, 0) is 16.1 Å². The molecule has 0 saturated carbocycles. The number of aromatic carboxylic acids is 1. The van der Waals surface area contributed by atoms with E-state index in [9.17, 15) is 14.4 Å². The van der Waals surface area contributed by atoms with Crippen LogP contribution in [0.25, 0.3) is 17.0 Å². The first-order chi connectivity index (χ1) is 16.4. The second-order valence-electron chi connectivity index (χ2n) is 8.08. The van der Waals surface area contributed by atoms with E-state index in [-0.39, 0.29) is 11.1 Å². The molecular formula is C27H21N3O4. The van der Waals surface area contributed by atoms with Gasteiger partial charge in [-0.25, -0.2) is 9.80 Å². The van der Waals surface area contributed by atoms with Crippen LogP contribution in [0.4, 0.5) is 5.69 Å². The topological polar surface area (TPSA) is 91.6 Å². The Kier molecular flexibility index (Phi) is 5.22. The molecule has 5 rings (SSSR count). The van der Waals surface area contributed by atoms with Crippen LogP contribution in [0.2, 0.25) is 0 Å². The van der Waals surface area contributed by atoms with Gasteiger partial charge in [-0.2, -0.15) is 0 Å². The molecular weight excluding hydrogens is 430 g/mol. The van der Waals surface area contributed by atoms with Gasteiger partial charge >= 0.3 is 5.97 Å². The lowest BCUT2D eigenvalue weighted by molar-refractivity contribution is -0.117. The number of hydrogen-bond acceptors (Lipinski definition) is 3. The first-order valence-electron chi connectivity index (χ1n) is 10.8. The standard InChI is InChI=1S/C27H21N3O4/c1-17-22(15-23-25(31)28-30(26(23)32)20-7-3-2-4-8-20)21-9-5-6-10-24(21)29(17)16-18-11-13-19(14-12-18)27(33)34/h2-15H,16H2,1H3,(H,28,31)(H,33,34)/b23-15-. The normalized spacial score (nSPS) is 14.7. The Bertz CT molecular complexity index is 1470. The van der Waals surface area contributed by atoms with Crippen molar-refractivity contribution >= 4 is 40.4 Å². The third-order valence-corrected chi connectivity index (χ3v) is 6.02. The van der Waals surface area contributed by atoms with E-state index < -0.39 is 17.8 Å². The van der Waals surface area contributed by atoms with Crippen LogP contribution in [0.1, 0.15) is 27.2 Å². The second kappa shape index (κ2) is 8.37. The minimum absolute atomic E-state index is 0.0701. The van der Waals surface area contributed by atoms with Gasteiger partial charge in [0.25, 0.3) is 11.8 Å². The van der Waals surface area contributed by atoms with Crippen LogP contribution in [0.15, 0.2) is 84.4 Å². The van der Waals surface area contributed by atoms with Crippen molar-refractivity contribution < 1.29 is 19.5 Å². The summed E-state index contributed by atoms with van der Waals surface area (Å²) in [6.07, 6.45) is 1.66. The van der Waals surface area contributed by atoms with E-state index in [1.54, 1.807) is 54.6 Å². The molecule has 2 heterocycles. The zero-order valence-electron chi connectivity index (χ0n) is 18.4. The van der Waals surface area contributed by atoms with Gasteiger partial charge in [0.15, 0.2) is 0 Å². The number of aromatic nitrogens is 1. The quantitative estimate of drug-likeness (QED) is 0.352. The van der Waals surface area contributed by atoms with Gasteiger partial charge in [0.2, 0.25) is 0 Å². The average molecular weight is 451 g/mol. The van der Waals surface area contributed by atoms with Gasteiger partial charge < -0.3 is 9.67 Å². The van der Waals surface area contributed by atoms with Gasteiger partial charge in [-0.05, 0) is 48.9 Å². The highest BCUT2D eigenvalue weighted by Gasteiger charge is 2.34. The Balaban J connectivity index is 1.55. The number of amides is 2. The van der Waals surface area contributed by atoms with E-state index in [0.717, 1.165) is 27.7 Å². The maximum absolute atomic E-state index is 13.1. The van der Waals surface area contributed by atoms with Crippen molar-refractivity contribution in [3.8, 4) is 0 Å². The van der Waals surface area contributed by atoms with Crippen LogP contribution >= 0.6 is 0 Å². The summed E-state index contributed by atoms with van der Waals surface area (Å²) in [5.74, 6) is -1.82. The highest BCUT2D eigenvalue weighted by atomic mass is 16.4. The van der Waals surface area contributed by atoms with Gasteiger partial charge in [0, 0.05) is 28.7 Å². The predicted octanol–water partition coefficient (Wildman–Crippen LogP) is 4.16. The Morgan fingerprint density at radius 1 is 0.941 bits per heavy atom. The highest BCUT2D eigenvalue weighted by molar-refractivity contribution is 6.32. The number of carboxylic acids is 1. The van der Waals surface area contributed by atoms with E-state index in [0.29, 0.717) is 12.2 Å². The Morgan fingerprint density at radius 2 is 1.62 bits per heavy atom. The lowest BCUT2D eigenvalue weighted by Crippen LogP contribution is -2.35. The summed E-state index contributed by atoms with van der Waals surface area (Å²) >= 11 is 0. The smallest absolute Gasteiger partial charge is 0.335 e. The number of hydrazine groups is 1. The average Bonchev–Trinajstić information content (AvgIpc) is 3.28. The Hall–Kier alpha value is -4.65. The summed E-state index contributed by atoms with van der Waals surface area (Å²) in [6.45, 7) is 2.47. The Labute approximate surface area is 195 Å². The van der Waals surface area contributed by atoms with Gasteiger partial charge in [0.05, 0.1) is 11.3 Å². The number of fused-ring (bicyclic) bond motifs is 1. The van der Waals surface area contributed by atoms with E-state index >= 15 is 0 Å². The molecule has 1 aromatic heterocycles. The number of carboxylic acid groups (broad SMARTS) is 1. The maximum atomic E-state index is 13.1. The molecule has 4 aromatic rings. The van der Waals surface area contributed by atoms with Crippen molar-refractivity contribution in [2.45, 2.75) is 13.5 Å². The summed E-state index contributed by atoms with van der Waals surface area (Å²) in [5.41, 5.74) is 7.13. The highest BCUT2D eigenvalue weighted by Crippen LogP contribution is 2.30. The molecule has 0 unspecified atom stereocenters. The monoisotopic (exact) mass is 451 g/mol. The van der Waals surface area contributed by atoms with Crippen molar-refractivity contribution in [1.29, 1.82) is 0 Å². The summed E-state index contributed by atoms with van der Waals surface area (Å²) in [5, 5.41) is 11.3.